The van der Waals surface area contributed by atoms with Crippen molar-refractivity contribution in [3.63, 3.8) is 0 Å². The van der Waals surface area contributed by atoms with E-state index in [1.54, 1.807) is 0 Å². The van der Waals surface area contributed by atoms with Gasteiger partial charge in [0, 0.05) is 27.2 Å². The van der Waals surface area contributed by atoms with Crippen LogP contribution in [-0.4, -0.2) is 403 Å². The molecule has 0 aromatic rings. The Kier molecular flexibility index (Phi) is 27.2. The van der Waals surface area contributed by atoms with Crippen LogP contribution in [0.1, 0.15) is 27.2 Å². The minimum absolute atomic E-state index is 0.813. The Bertz CT molecular complexity index is 2410. The number of carbonyl (C=O) groups excluding carboxylic acids is 3. The van der Waals surface area contributed by atoms with Crippen LogP contribution in [0.25, 0.3) is 0 Å². The average molecular weight is 1360 g/mol. The average Bonchev–Trinajstić information content (AvgIpc) is 0.784. The number of nitrogens with one attached hydrogen (secondary N) is 3. The zero-order valence-corrected chi connectivity index (χ0v) is 49.6. The van der Waals surface area contributed by atoms with E-state index in [9.17, 15) is 132 Å². The van der Waals surface area contributed by atoms with Crippen LogP contribution in [-0.2, 0) is 80.8 Å². The van der Waals surface area contributed by atoms with Gasteiger partial charge in [-0.3, -0.25) is 14.4 Å². The van der Waals surface area contributed by atoms with Crippen LogP contribution < -0.4 is 16.0 Å². The van der Waals surface area contributed by atoms with Crippen molar-refractivity contribution in [3.05, 3.63) is 0 Å². The fourth-order valence-electron chi connectivity index (χ4n) is 11.7. The van der Waals surface area contributed by atoms with E-state index in [2.05, 4.69) is 16.0 Å². The van der Waals surface area contributed by atoms with Crippen molar-refractivity contribution in [2.24, 2.45) is 0 Å². The van der Waals surface area contributed by atoms with Gasteiger partial charge < -0.3 is 190 Å². The molecule has 0 bridgehead atoms. The predicted molar refractivity (Wildman–Crippen MR) is 284 cm³/mol. The number of carbonyl (C=O) groups is 4. The zero-order chi connectivity index (χ0) is 69.0. The van der Waals surface area contributed by atoms with Crippen LogP contribution in [0.3, 0.4) is 0 Å². The largest absolute Gasteiger partial charge is 0.477 e. The van der Waals surface area contributed by atoms with Gasteiger partial charge in [-0.05, 0) is 0 Å². The summed E-state index contributed by atoms with van der Waals surface area (Å²) in [6.07, 6.45) is -66.4. The maximum absolute atomic E-state index is 12.9. The fourth-order valence-corrected chi connectivity index (χ4v) is 11.7. The van der Waals surface area contributed by atoms with Gasteiger partial charge in [0.25, 0.3) is 5.79 Å². The van der Waals surface area contributed by atoms with Crippen LogP contribution in [0, 0.1) is 0 Å². The number of aliphatic hydroxyl groups is 21. The topological polar surface area (TPSA) is 669 Å². The van der Waals surface area contributed by atoms with Crippen molar-refractivity contribution in [3.8, 4) is 0 Å². The van der Waals surface area contributed by atoms with Crippen LogP contribution in [0.5, 0.6) is 0 Å². The molecular formula is C51H85N3O39. The highest BCUT2D eigenvalue weighted by Gasteiger charge is 2.60. The molecule has 7 saturated heterocycles. The lowest BCUT2D eigenvalue weighted by Crippen LogP contribution is -2.70. The predicted octanol–water partition coefficient (Wildman–Crippen LogP) is -16.6. The number of rotatable bonds is 25. The van der Waals surface area contributed by atoms with E-state index in [0.717, 1.165) is 20.8 Å². The van der Waals surface area contributed by atoms with Gasteiger partial charge in [-0.2, -0.15) is 0 Å². The maximum atomic E-state index is 12.9. The molecule has 7 heterocycles. The first kappa shape index (κ1) is 76.9. The number of aliphatic hydroxyl groups excluding tert-OH is 21. The van der Waals surface area contributed by atoms with Gasteiger partial charge in [0.2, 0.25) is 17.7 Å². The molecule has 0 aromatic heterocycles. The van der Waals surface area contributed by atoms with E-state index in [-0.39, 0.29) is 0 Å². The summed E-state index contributed by atoms with van der Waals surface area (Å²) in [7, 11) is 0. The van der Waals surface area contributed by atoms with E-state index in [1.165, 1.54) is 0 Å². The second kappa shape index (κ2) is 32.9. The minimum Gasteiger partial charge on any atom is -0.477 e. The standard InChI is InChI=1S/C51H85N3O39/c1-12(60)52-23-15(63)4-51(50(79)80,93-42(23)26(65)16(64)5-55)82-11-22-28(67)33(72)37(76)48(88-22)90-40-20(9-59)86-46(25(31(40)70)54-14(3)62)92-43-29(68)21(87-49(38(43)77)91-41-18(7-57)83-44(78)35(74)34(41)73)10-81-45-24(53-13(2)61)30(69)39(19(8-58)85-45)89-47-36(75)32(71)27(66)17(6-56)84-47/h15-49,55-59,63-78H,4-11H2,1-3H3,(H,52,60)(H,53,61)(H,54,62)(H,79,80)/t15-,16+,17+,18+,19+,20+,21+,22+,23+,24+,25+,26+,27-,28-,29-,30+,31+,32-,33-,34+,35+,36+,37+,38+,39+,40+,41+,42+,43-,44+,45+,46-,47-,48-,49-,51-/m0/s1. The highest BCUT2D eigenvalue weighted by atomic mass is 16.8. The van der Waals surface area contributed by atoms with Crippen molar-refractivity contribution in [2.45, 2.75) is 248 Å². The minimum atomic E-state index is -3.03. The Labute approximate surface area is 525 Å². The number of amides is 3. The molecule has 7 aliphatic heterocycles. The molecule has 25 N–H and O–H groups in total. The molecule has 0 spiro atoms. The summed E-state index contributed by atoms with van der Waals surface area (Å²) in [5, 5.41) is 244. The summed E-state index contributed by atoms with van der Waals surface area (Å²) >= 11 is 0. The number of hydrogen-bond donors (Lipinski definition) is 25. The lowest BCUT2D eigenvalue weighted by atomic mass is 9.88. The normalized spacial score (nSPS) is 47.2. The van der Waals surface area contributed by atoms with Gasteiger partial charge in [-0.1, -0.05) is 0 Å². The van der Waals surface area contributed by atoms with Gasteiger partial charge >= 0.3 is 5.97 Å². The Balaban J connectivity index is 1.13. The molecule has 42 heteroatoms. The highest BCUT2D eigenvalue weighted by molar-refractivity contribution is 5.77. The van der Waals surface area contributed by atoms with E-state index in [0.29, 0.717) is 0 Å². The second-order valence-corrected chi connectivity index (χ2v) is 23.3. The highest BCUT2D eigenvalue weighted by Crippen LogP contribution is 2.39. The molecule has 0 radical (unpaired) electrons. The molecule has 93 heavy (non-hydrogen) atoms. The third kappa shape index (κ3) is 17.0. The van der Waals surface area contributed by atoms with Crippen LogP contribution in [0.2, 0.25) is 0 Å². The number of aliphatic carboxylic acids is 1. The zero-order valence-electron chi connectivity index (χ0n) is 49.6. The molecule has 0 saturated carbocycles. The third-order valence-electron chi connectivity index (χ3n) is 16.7. The van der Waals surface area contributed by atoms with Crippen LogP contribution in [0.4, 0.5) is 0 Å². The number of ether oxygens (including phenoxy) is 13. The molecule has 538 valence electrons. The SMILES string of the molecule is CC(=O)N[C@H]1[C@H](OC[C@H]2O[C@@H](O[C@H]3[C@H](O)[C@@H](O)[C@H](O)O[C@@H]3CO)[C@H](O)[C@@H](O[C@@H]3O[C@H](CO)[C@@H](O[C@@H]4O[C@H](CO[C@@]5(C(=O)O)C[C@H](O)[C@@H](NC(C)=O)[C@H]([C@H](O)[C@H](O)CO)O5)[C@H](O)[C@H](O)[C@H]4O)[C@H](O)[C@H]3NC(C)=O)[C@H]2O)O[C@H](CO)[C@@H](O[C@@H]2O[C@H](CO)[C@H](O)[C@H](O)[C@H]2O)[C@@H]1O. The van der Waals surface area contributed by atoms with Gasteiger partial charge in [0.05, 0.1) is 58.4 Å². The second-order valence-electron chi connectivity index (χ2n) is 23.3. The summed E-state index contributed by atoms with van der Waals surface area (Å²) in [5.74, 6) is -7.67. The van der Waals surface area contributed by atoms with Gasteiger partial charge in [-0.25, -0.2) is 4.79 Å². The molecule has 0 aromatic carbocycles. The summed E-state index contributed by atoms with van der Waals surface area (Å²) in [6, 6.07) is -5.34. The molecule has 7 fully saturated rings. The van der Waals surface area contributed by atoms with E-state index in [1.807, 2.05) is 0 Å². The van der Waals surface area contributed by atoms with Crippen molar-refractivity contribution in [1.29, 1.82) is 0 Å². The number of hydrogen-bond acceptors (Lipinski definition) is 38. The molecular weight excluding hydrogens is 1280 g/mol. The first-order valence-corrected chi connectivity index (χ1v) is 29.2. The summed E-state index contributed by atoms with van der Waals surface area (Å²) in [4.78, 5) is 50.4. The fraction of sp³-hybridized carbons (Fsp3) is 0.922. The Hall–Kier alpha value is -3.48. The Morgan fingerprint density at radius 3 is 1.33 bits per heavy atom. The molecule has 0 aliphatic carbocycles. The van der Waals surface area contributed by atoms with Crippen molar-refractivity contribution >= 4 is 23.7 Å². The van der Waals surface area contributed by atoms with E-state index < -0.39 is 297 Å². The quantitative estimate of drug-likeness (QED) is 0.0404. The first-order chi connectivity index (χ1) is 43.8. The monoisotopic (exact) mass is 1360 g/mol. The maximum Gasteiger partial charge on any atom is 0.364 e. The van der Waals surface area contributed by atoms with E-state index in [4.69, 9.17) is 61.6 Å². The Morgan fingerprint density at radius 2 is 0.849 bits per heavy atom. The van der Waals surface area contributed by atoms with Gasteiger partial charge in [0.15, 0.2) is 37.7 Å². The van der Waals surface area contributed by atoms with Crippen LogP contribution >= 0.6 is 0 Å². The molecule has 0 unspecified atom stereocenters. The summed E-state index contributed by atoms with van der Waals surface area (Å²) in [6.45, 7) is -4.54. The molecule has 7 aliphatic rings. The third-order valence-corrected chi connectivity index (χ3v) is 16.7. The molecule has 7 rings (SSSR count). The smallest absolute Gasteiger partial charge is 0.364 e. The van der Waals surface area contributed by atoms with Gasteiger partial charge in [-0.15, -0.1) is 0 Å². The van der Waals surface area contributed by atoms with Gasteiger partial charge in [0.1, 0.15) is 165 Å². The molecule has 42 nitrogen and oxygen atoms in total. The molecule has 3 amide bonds. The van der Waals surface area contributed by atoms with E-state index >= 15 is 0 Å². The first-order valence-electron chi connectivity index (χ1n) is 29.2. The number of carboxylic acids is 1. The lowest BCUT2D eigenvalue weighted by molar-refractivity contribution is -0.385. The molecule has 36 atom stereocenters. The summed E-state index contributed by atoms with van der Waals surface area (Å²) in [5.41, 5.74) is 0. The van der Waals surface area contributed by atoms with Crippen LogP contribution in [0.15, 0.2) is 0 Å². The van der Waals surface area contributed by atoms with Crippen molar-refractivity contribution < 1.29 is 193 Å². The summed E-state index contributed by atoms with van der Waals surface area (Å²) < 4.78 is 74.6. The van der Waals surface area contributed by atoms with Crippen molar-refractivity contribution in [1.82, 2.24) is 16.0 Å². The Morgan fingerprint density at radius 1 is 0.441 bits per heavy atom. The lowest BCUT2D eigenvalue weighted by Gasteiger charge is -2.50. The number of carboxylic acid groups (broad SMARTS) is 1. The van der Waals surface area contributed by atoms with Crippen molar-refractivity contribution in [2.75, 3.05) is 46.2 Å².